The summed E-state index contributed by atoms with van der Waals surface area (Å²) in [6.45, 7) is 11.4. The van der Waals surface area contributed by atoms with Crippen LogP contribution in [0.15, 0.2) is 0 Å². The third kappa shape index (κ3) is 6.90. The first-order valence-corrected chi connectivity index (χ1v) is 15.0. The number of ketones is 1. The summed E-state index contributed by atoms with van der Waals surface area (Å²) in [6, 6.07) is 0. The van der Waals surface area contributed by atoms with Crippen LogP contribution in [0.25, 0.3) is 0 Å². The minimum Gasteiger partial charge on any atom is -0.465 e. The summed E-state index contributed by atoms with van der Waals surface area (Å²) in [5.74, 6) is 0.294. The second-order valence-electron chi connectivity index (χ2n) is 13.1. The van der Waals surface area contributed by atoms with Crippen molar-refractivity contribution in [3.63, 3.8) is 0 Å². The highest BCUT2D eigenvalue weighted by Gasteiger charge is 2.74. The zero-order valence-corrected chi connectivity index (χ0v) is 23.6. The zero-order valence-electron chi connectivity index (χ0n) is 23.6. The predicted octanol–water partition coefficient (Wildman–Crippen LogP) is 8.20. The van der Waals surface area contributed by atoms with Crippen LogP contribution in [0.5, 0.6) is 0 Å². The second kappa shape index (κ2) is 12.6. The first-order valence-electron chi connectivity index (χ1n) is 15.0. The van der Waals surface area contributed by atoms with Crippen molar-refractivity contribution in [1.29, 1.82) is 0 Å². The van der Waals surface area contributed by atoms with Crippen molar-refractivity contribution in [3.05, 3.63) is 0 Å². The SMILES string of the molecule is CCCCCCCCCCCCCCCC(=O)OCC1C2(C)CCCC(C)(C)C2C(=O)C2OC21C. The summed E-state index contributed by atoms with van der Waals surface area (Å²) in [5.41, 5.74) is -0.629. The Morgan fingerprint density at radius 3 is 1.97 bits per heavy atom. The summed E-state index contributed by atoms with van der Waals surface area (Å²) in [4.78, 5) is 25.8. The Hall–Kier alpha value is -0.900. The number of fused-ring (bicyclic) bond motifs is 2. The maximum absolute atomic E-state index is 13.2. The fraction of sp³-hybridized carbons (Fsp3) is 0.935. The Labute approximate surface area is 215 Å². The lowest BCUT2D eigenvalue weighted by atomic mass is 9.46. The molecule has 1 heterocycles. The van der Waals surface area contributed by atoms with Crippen LogP contribution in [0.3, 0.4) is 0 Å². The smallest absolute Gasteiger partial charge is 0.305 e. The standard InChI is InChI=1S/C31H54O4/c1-6-7-8-9-10-11-12-13-14-15-16-17-18-20-25(32)34-23-24-30(4)22-19-21-29(2,3)27(30)26(33)28-31(24,5)35-28/h24,27-28H,6-23H2,1-5H3. The van der Waals surface area contributed by atoms with Crippen LogP contribution in [0.2, 0.25) is 0 Å². The Kier molecular flexibility index (Phi) is 10.3. The van der Waals surface area contributed by atoms with E-state index in [-0.39, 0.29) is 40.5 Å². The summed E-state index contributed by atoms with van der Waals surface area (Å²) in [7, 11) is 0. The van der Waals surface area contributed by atoms with Crippen molar-refractivity contribution < 1.29 is 19.1 Å². The molecule has 0 radical (unpaired) electrons. The zero-order chi connectivity index (χ0) is 25.5. The number of rotatable bonds is 16. The highest BCUT2D eigenvalue weighted by molar-refractivity contribution is 5.92. The summed E-state index contributed by atoms with van der Waals surface area (Å²) < 4.78 is 11.9. The van der Waals surface area contributed by atoms with Crippen molar-refractivity contribution in [1.82, 2.24) is 0 Å². The van der Waals surface area contributed by atoms with E-state index < -0.39 is 5.60 Å². The van der Waals surface area contributed by atoms with Crippen LogP contribution in [0.4, 0.5) is 0 Å². The van der Waals surface area contributed by atoms with Gasteiger partial charge in [-0.2, -0.15) is 0 Å². The number of carbonyl (C=O) groups excluding carboxylic acids is 2. The van der Waals surface area contributed by atoms with Crippen LogP contribution in [-0.2, 0) is 19.1 Å². The number of unbranched alkanes of at least 4 members (excludes halogenated alkanes) is 12. The van der Waals surface area contributed by atoms with E-state index in [1.54, 1.807) is 0 Å². The van der Waals surface area contributed by atoms with Crippen LogP contribution in [0.1, 0.15) is 144 Å². The van der Waals surface area contributed by atoms with E-state index in [0.717, 1.165) is 32.1 Å². The normalized spacial score (nSPS) is 33.2. The van der Waals surface area contributed by atoms with E-state index in [4.69, 9.17) is 9.47 Å². The number of epoxide rings is 1. The molecular formula is C31H54O4. The van der Waals surface area contributed by atoms with E-state index in [2.05, 4.69) is 34.6 Å². The molecule has 5 atom stereocenters. The van der Waals surface area contributed by atoms with Crippen molar-refractivity contribution in [2.45, 2.75) is 155 Å². The van der Waals surface area contributed by atoms with E-state index in [0.29, 0.717) is 13.0 Å². The molecule has 0 aromatic rings. The Morgan fingerprint density at radius 1 is 0.857 bits per heavy atom. The Bertz CT molecular complexity index is 700. The lowest BCUT2D eigenvalue weighted by molar-refractivity contribution is -0.158. The van der Waals surface area contributed by atoms with E-state index >= 15 is 0 Å². The molecule has 202 valence electrons. The Balaban J connectivity index is 1.30. The van der Waals surface area contributed by atoms with Gasteiger partial charge in [0.2, 0.25) is 0 Å². The van der Waals surface area contributed by atoms with Crippen molar-refractivity contribution >= 4 is 11.8 Å². The molecule has 1 saturated heterocycles. The van der Waals surface area contributed by atoms with Gasteiger partial charge in [-0.3, -0.25) is 9.59 Å². The monoisotopic (exact) mass is 490 g/mol. The number of esters is 1. The van der Waals surface area contributed by atoms with Gasteiger partial charge in [-0.25, -0.2) is 0 Å². The molecule has 4 nitrogen and oxygen atoms in total. The van der Waals surface area contributed by atoms with Gasteiger partial charge < -0.3 is 9.47 Å². The Morgan fingerprint density at radius 2 is 1.40 bits per heavy atom. The van der Waals surface area contributed by atoms with Gasteiger partial charge in [0.05, 0.1) is 6.61 Å². The molecule has 0 aromatic heterocycles. The molecule has 2 saturated carbocycles. The van der Waals surface area contributed by atoms with Crippen LogP contribution < -0.4 is 0 Å². The van der Waals surface area contributed by atoms with Gasteiger partial charge in [0.1, 0.15) is 11.7 Å². The van der Waals surface area contributed by atoms with Gasteiger partial charge in [-0.1, -0.05) is 111 Å². The molecule has 3 rings (SSSR count). The average Bonchev–Trinajstić information content (AvgIpc) is 3.48. The van der Waals surface area contributed by atoms with Gasteiger partial charge in [0.25, 0.3) is 0 Å². The number of hydrogen-bond donors (Lipinski definition) is 0. The van der Waals surface area contributed by atoms with Crippen LogP contribution >= 0.6 is 0 Å². The second-order valence-corrected chi connectivity index (χ2v) is 13.1. The topological polar surface area (TPSA) is 55.9 Å². The number of ether oxygens (including phenoxy) is 2. The molecule has 2 aliphatic carbocycles. The molecule has 3 aliphatic rings. The van der Waals surface area contributed by atoms with Gasteiger partial charge in [-0.05, 0) is 37.0 Å². The third-order valence-corrected chi connectivity index (χ3v) is 9.74. The van der Waals surface area contributed by atoms with E-state index in [9.17, 15) is 9.59 Å². The fourth-order valence-corrected chi connectivity index (χ4v) is 7.71. The molecule has 1 aliphatic heterocycles. The summed E-state index contributed by atoms with van der Waals surface area (Å²) >= 11 is 0. The molecule has 0 spiro atoms. The first kappa shape index (κ1) is 28.7. The molecule has 0 bridgehead atoms. The number of carbonyl (C=O) groups is 2. The maximum atomic E-state index is 13.2. The quantitative estimate of drug-likeness (QED) is 0.124. The molecule has 0 aromatic carbocycles. The van der Waals surface area contributed by atoms with Crippen molar-refractivity contribution in [2.75, 3.05) is 6.61 Å². The van der Waals surface area contributed by atoms with Gasteiger partial charge in [0.15, 0.2) is 5.78 Å². The summed E-state index contributed by atoms with van der Waals surface area (Å²) in [6.07, 6.45) is 20.4. The largest absolute Gasteiger partial charge is 0.465 e. The number of Topliss-reactive ketones (excluding diaryl/α,β-unsaturated/α-hetero) is 1. The highest BCUT2D eigenvalue weighted by Crippen LogP contribution is 2.66. The van der Waals surface area contributed by atoms with Gasteiger partial charge in [0, 0.05) is 18.3 Å². The minimum atomic E-state index is -0.453. The van der Waals surface area contributed by atoms with Crippen LogP contribution in [0, 0.1) is 22.7 Å². The molecule has 4 heteroatoms. The summed E-state index contributed by atoms with van der Waals surface area (Å²) in [5, 5.41) is 0. The van der Waals surface area contributed by atoms with Crippen molar-refractivity contribution in [2.24, 2.45) is 22.7 Å². The van der Waals surface area contributed by atoms with Crippen molar-refractivity contribution in [3.8, 4) is 0 Å². The maximum Gasteiger partial charge on any atom is 0.305 e. The first-order chi connectivity index (χ1) is 16.7. The number of hydrogen-bond acceptors (Lipinski definition) is 4. The highest BCUT2D eigenvalue weighted by atomic mass is 16.6. The van der Waals surface area contributed by atoms with E-state index in [1.807, 2.05) is 0 Å². The molecule has 0 N–H and O–H groups in total. The fourth-order valence-electron chi connectivity index (χ4n) is 7.71. The average molecular weight is 491 g/mol. The van der Waals surface area contributed by atoms with Gasteiger partial charge >= 0.3 is 5.97 Å². The van der Waals surface area contributed by atoms with E-state index in [1.165, 1.54) is 70.6 Å². The lowest BCUT2D eigenvalue weighted by Gasteiger charge is -2.56. The molecule has 0 amide bonds. The minimum absolute atomic E-state index is 0.00548. The third-order valence-electron chi connectivity index (χ3n) is 9.74. The molecule has 35 heavy (non-hydrogen) atoms. The predicted molar refractivity (Wildman–Crippen MR) is 142 cm³/mol. The molecule has 3 fully saturated rings. The van der Waals surface area contributed by atoms with Crippen LogP contribution in [-0.4, -0.2) is 30.1 Å². The molecule has 5 unspecified atom stereocenters. The van der Waals surface area contributed by atoms with Gasteiger partial charge in [-0.15, -0.1) is 0 Å². The molecular weight excluding hydrogens is 436 g/mol. The lowest BCUT2D eigenvalue weighted by Crippen LogP contribution is -2.60.